The lowest BCUT2D eigenvalue weighted by atomic mass is 10.1. The van der Waals surface area contributed by atoms with Gasteiger partial charge in [0.25, 0.3) is 0 Å². The predicted molar refractivity (Wildman–Crippen MR) is 113 cm³/mol. The van der Waals surface area contributed by atoms with Crippen LogP contribution in [0.4, 0.5) is 5.69 Å². The quantitative estimate of drug-likeness (QED) is 0.452. The zero-order valence-corrected chi connectivity index (χ0v) is 16.9. The number of methoxy groups -OCH3 is 1. The number of halogens is 3. The maximum Gasteiger partial charge on any atom is 0.166 e. The second-order valence-corrected chi connectivity index (χ2v) is 7.18. The average molecular weight is 423 g/mol. The summed E-state index contributed by atoms with van der Waals surface area (Å²) in [6.45, 7) is 0.942. The molecule has 0 heterocycles. The van der Waals surface area contributed by atoms with Crippen molar-refractivity contribution in [1.29, 1.82) is 0 Å². The smallest absolute Gasteiger partial charge is 0.166 e. The first-order chi connectivity index (χ1) is 13.0. The summed E-state index contributed by atoms with van der Waals surface area (Å²) >= 11 is 18.1. The zero-order valence-electron chi connectivity index (χ0n) is 14.6. The molecule has 0 saturated carbocycles. The topological polar surface area (TPSA) is 30.5 Å². The third-order valence-corrected chi connectivity index (χ3v) is 4.61. The zero-order chi connectivity index (χ0) is 19.2. The van der Waals surface area contributed by atoms with E-state index in [0.717, 1.165) is 16.8 Å². The number of anilines is 1. The highest BCUT2D eigenvalue weighted by molar-refractivity contribution is 6.35. The van der Waals surface area contributed by atoms with E-state index in [9.17, 15) is 0 Å². The monoisotopic (exact) mass is 421 g/mol. The number of para-hydroxylation sites is 1. The Labute approximate surface area is 173 Å². The van der Waals surface area contributed by atoms with Crippen molar-refractivity contribution in [3.05, 3.63) is 86.9 Å². The summed E-state index contributed by atoms with van der Waals surface area (Å²) < 4.78 is 11.5. The van der Waals surface area contributed by atoms with Crippen LogP contribution in [-0.2, 0) is 13.2 Å². The second-order valence-electron chi connectivity index (χ2n) is 5.88. The summed E-state index contributed by atoms with van der Waals surface area (Å²) in [5.74, 6) is 1.36. The summed E-state index contributed by atoms with van der Waals surface area (Å²) in [5.41, 5.74) is 2.81. The van der Waals surface area contributed by atoms with E-state index in [2.05, 4.69) is 5.32 Å². The van der Waals surface area contributed by atoms with Gasteiger partial charge in [0.2, 0.25) is 0 Å². The van der Waals surface area contributed by atoms with Gasteiger partial charge in [0.1, 0.15) is 6.61 Å². The lowest BCUT2D eigenvalue weighted by molar-refractivity contribution is 0.281. The molecule has 6 heteroatoms. The third-order valence-electron chi connectivity index (χ3n) is 3.92. The molecular weight excluding hydrogens is 405 g/mol. The van der Waals surface area contributed by atoms with Gasteiger partial charge < -0.3 is 14.8 Å². The summed E-state index contributed by atoms with van der Waals surface area (Å²) in [7, 11) is 1.62. The van der Waals surface area contributed by atoms with Crippen molar-refractivity contribution in [2.24, 2.45) is 0 Å². The fourth-order valence-corrected chi connectivity index (χ4v) is 3.27. The molecule has 3 nitrogen and oxygen atoms in total. The highest BCUT2D eigenvalue weighted by Crippen LogP contribution is 2.33. The van der Waals surface area contributed by atoms with Crippen LogP contribution in [0.15, 0.2) is 60.7 Å². The number of ether oxygens (including phenoxy) is 2. The SMILES string of the molecule is COc1cccc(CNc2cc(Cl)cc(Cl)c2)c1OCc1ccc(Cl)cc1. The van der Waals surface area contributed by atoms with Gasteiger partial charge >= 0.3 is 0 Å². The van der Waals surface area contributed by atoms with E-state index in [-0.39, 0.29) is 0 Å². The summed E-state index contributed by atoms with van der Waals surface area (Å²) in [5, 5.41) is 5.17. The molecular formula is C21H18Cl3NO2. The Morgan fingerprint density at radius 1 is 0.852 bits per heavy atom. The Balaban J connectivity index is 1.77. The molecule has 1 N–H and O–H groups in total. The molecule has 0 fully saturated rings. The number of hydrogen-bond acceptors (Lipinski definition) is 3. The Kier molecular flexibility index (Phi) is 6.73. The minimum absolute atomic E-state index is 0.410. The molecule has 0 aromatic heterocycles. The van der Waals surface area contributed by atoms with E-state index in [0.29, 0.717) is 39.7 Å². The number of benzene rings is 3. The Bertz CT molecular complexity index is 894. The summed E-state index contributed by atoms with van der Waals surface area (Å²) in [4.78, 5) is 0. The molecule has 140 valence electrons. The van der Waals surface area contributed by atoms with Gasteiger partial charge in [0.05, 0.1) is 7.11 Å². The molecule has 0 unspecified atom stereocenters. The average Bonchev–Trinajstić information content (AvgIpc) is 2.65. The maximum absolute atomic E-state index is 6.06. The van der Waals surface area contributed by atoms with Crippen molar-refractivity contribution in [2.75, 3.05) is 12.4 Å². The summed E-state index contributed by atoms with van der Waals surface area (Å²) in [6.07, 6.45) is 0. The number of hydrogen-bond donors (Lipinski definition) is 1. The molecule has 27 heavy (non-hydrogen) atoms. The molecule has 0 amide bonds. The van der Waals surface area contributed by atoms with Gasteiger partial charge in [-0.15, -0.1) is 0 Å². The van der Waals surface area contributed by atoms with Crippen LogP contribution in [0, 0.1) is 0 Å². The van der Waals surface area contributed by atoms with Crippen LogP contribution in [0.5, 0.6) is 11.5 Å². The molecule has 0 atom stereocenters. The number of nitrogens with one attached hydrogen (secondary N) is 1. The first-order valence-corrected chi connectivity index (χ1v) is 9.41. The van der Waals surface area contributed by atoms with E-state index < -0.39 is 0 Å². The molecule has 3 rings (SSSR count). The van der Waals surface area contributed by atoms with E-state index in [4.69, 9.17) is 44.3 Å². The molecule has 0 saturated heterocycles. The molecule has 0 spiro atoms. The van der Waals surface area contributed by atoms with Crippen LogP contribution in [0.1, 0.15) is 11.1 Å². The Hall–Kier alpha value is -2.07. The second kappa shape index (κ2) is 9.23. The van der Waals surface area contributed by atoms with Crippen LogP contribution in [0.2, 0.25) is 15.1 Å². The minimum atomic E-state index is 0.410. The Morgan fingerprint density at radius 3 is 2.22 bits per heavy atom. The van der Waals surface area contributed by atoms with Crippen molar-refractivity contribution in [3.63, 3.8) is 0 Å². The van der Waals surface area contributed by atoms with E-state index in [1.54, 1.807) is 13.2 Å². The van der Waals surface area contributed by atoms with Gasteiger partial charge in [-0.3, -0.25) is 0 Å². The highest BCUT2D eigenvalue weighted by atomic mass is 35.5. The van der Waals surface area contributed by atoms with Crippen LogP contribution in [-0.4, -0.2) is 7.11 Å². The molecule has 0 bridgehead atoms. The highest BCUT2D eigenvalue weighted by Gasteiger charge is 2.11. The predicted octanol–water partition coefficient (Wildman–Crippen LogP) is 6.85. The lowest BCUT2D eigenvalue weighted by Crippen LogP contribution is -2.05. The largest absolute Gasteiger partial charge is 0.493 e. The van der Waals surface area contributed by atoms with Crippen molar-refractivity contribution in [3.8, 4) is 11.5 Å². The van der Waals surface area contributed by atoms with Crippen molar-refractivity contribution < 1.29 is 9.47 Å². The van der Waals surface area contributed by atoms with E-state index in [1.165, 1.54) is 0 Å². The fourth-order valence-electron chi connectivity index (χ4n) is 2.61. The minimum Gasteiger partial charge on any atom is -0.493 e. The van der Waals surface area contributed by atoms with Crippen LogP contribution in [0.25, 0.3) is 0 Å². The molecule has 0 aliphatic rings. The first-order valence-electron chi connectivity index (χ1n) is 8.28. The van der Waals surface area contributed by atoms with E-state index in [1.807, 2.05) is 54.6 Å². The van der Waals surface area contributed by atoms with Crippen LogP contribution < -0.4 is 14.8 Å². The van der Waals surface area contributed by atoms with Gasteiger partial charge in [-0.2, -0.15) is 0 Å². The third kappa shape index (κ3) is 5.46. The summed E-state index contributed by atoms with van der Waals surface area (Å²) in [6, 6.07) is 18.7. The Morgan fingerprint density at radius 2 is 1.56 bits per heavy atom. The van der Waals surface area contributed by atoms with Gasteiger partial charge in [0.15, 0.2) is 11.5 Å². The van der Waals surface area contributed by atoms with Crippen LogP contribution >= 0.6 is 34.8 Å². The van der Waals surface area contributed by atoms with Gasteiger partial charge in [-0.1, -0.05) is 59.1 Å². The molecule has 0 aliphatic heterocycles. The van der Waals surface area contributed by atoms with Crippen LogP contribution in [0.3, 0.4) is 0 Å². The molecule has 0 radical (unpaired) electrons. The lowest BCUT2D eigenvalue weighted by Gasteiger charge is -2.16. The standard InChI is InChI=1S/C21H18Cl3NO2/c1-26-20-4-2-3-15(12-25-19-10-17(23)9-18(24)11-19)21(20)27-13-14-5-7-16(22)8-6-14/h2-11,25H,12-13H2,1H3. The first kappa shape index (κ1) is 19.7. The molecule has 3 aromatic rings. The fraction of sp³-hybridized carbons (Fsp3) is 0.143. The number of rotatable bonds is 7. The van der Waals surface area contributed by atoms with Gasteiger partial charge in [-0.25, -0.2) is 0 Å². The van der Waals surface area contributed by atoms with Crippen molar-refractivity contribution >= 4 is 40.5 Å². The normalized spacial score (nSPS) is 10.5. The molecule has 0 aliphatic carbocycles. The van der Waals surface area contributed by atoms with Gasteiger partial charge in [0, 0.05) is 32.9 Å². The maximum atomic E-state index is 6.06. The van der Waals surface area contributed by atoms with Gasteiger partial charge in [-0.05, 0) is 42.0 Å². The molecule has 3 aromatic carbocycles. The van der Waals surface area contributed by atoms with E-state index >= 15 is 0 Å². The van der Waals surface area contributed by atoms with Crippen molar-refractivity contribution in [1.82, 2.24) is 0 Å². The van der Waals surface area contributed by atoms with Crippen molar-refractivity contribution in [2.45, 2.75) is 13.2 Å².